The van der Waals surface area contributed by atoms with E-state index in [-0.39, 0.29) is 0 Å². The minimum absolute atomic E-state index is 1.10. The number of nitrogens with zero attached hydrogens (tertiary/aromatic N) is 2. The minimum Gasteiger partial charge on any atom is -0.316 e. The molecule has 1 aliphatic carbocycles. The van der Waals surface area contributed by atoms with Crippen LogP contribution in [0.5, 0.6) is 0 Å². The summed E-state index contributed by atoms with van der Waals surface area (Å²) in [6, 6.07) is 52.3. The van der Waals surface area contributed by atoms with E-state index in [1.165, 1.54) is 55.3 Å². The van der Waals surface area contributed by atoms with Crippen LogP contribution in [0.25, 0.3) is 49.7 Å². The Bertz CT molecular complexity index is 2430. The first kappa shape index (κ1) is 29.1. The summed E-state index contributed by atoms with van der Waals surface area (Å²) in [6.07, 6.45) is 10.0. The summed E-state index contributed by atoms with van der Waals surface area (Å²) in [6.45, 7) is 6.04. The average Bonchev–Trinajstić information content (AvgIpc) is 3.73. The zero-order valence-electron chi connectivity index (χ0n) is 26.8. The number of aromatic nitrogens is 1. The molecule has 48 heavy (non-hydrogen) atoms. The molecule has 0 N–H and O–H groups in total. The van der Waals surface area contributed by atoms with Crippen molar-refractivity contribution in [3.63, 3.8) is 0 Å². The Morgan fingerprint density at radius 1 is 0.583 bits per heavy atom. The molecule has 7 aromatic rings. The Balaban J connectivity index is 1.11. The fourth-order valence-corrected chi connectivity index (χ4v) is 6.70. The lowest BCUT2D eigenvalue weighted by molar-refractivity contribution is 1.18. The van der Waals surface area contributed by atoms with E-state index >= 15 is 0 Å². The summed E-state index contributed by atoms with van der Waals surface area (Å²) < 4.78 is 2.36. The van der Waals surface area contributed by atoms with E-state index in [0.29, 0.717) is 0 Å². The summed E-state index contributed by atoms with van der Waals surface area (Å²) in [5.41, 5.74) is 17.3. The lowest BCUT2D eigenvalue weighted by Crippen LogP contribution is -2.11. The number of hydrogen-bond acceptors (Lipinski definition) is 1. The molecule has 0 aliphatic heterocycles. The summed E-state index contributed by atoms with van der Waals surface area (Å²) in [4.78, 5) is 2.26. The molecular formula is C46H34N2. The molecule has 6 aromatic carbocycles. The van der Waals surface area contributed by atoms with E-state index in [0.717, 1.165) is 22.5 Å². The van der Waals surface area contributed by atoms with Crippen LogP contribution in [-0.2, 0) is 0 Å². The average molecular weight is 615 g/mol. The quantitative estimate of drug-likeness (QED) is 0.162. The second kappa shape index (κ2) is 12.5. The van der Waals surface area contributed by atoms with Gasteiger partial charge in [0.1, 0.15) is 0 Å². The third-order valence-corrected chi connectivity index (χ3v) is 9.14. The number of anilines is 2. The van der Waals surface area contributed by atoms with Gasteiger partial charge in [0.15, 0.2) is 0 Å². The molecule has 1 aliphatic rings. The van der Waals surface area contributed by atoms with Crippen molar-refractivity contribution in [2.75, 3.05) is 4.90 Å². The predicted octanol–water partition coefficient (Wildman–Crippen LogP) is 12.3. The molecule has 0 atom stereocenters. The van der Waals surface area contributed by atoms with Crippen molar-refractivity contribution < 1.29 is 0 Å². The van der Waals surface area contributed by atoms with E-state index < -0.39 is 0 Å². The number of benzene rings is 6. The van der Waals surface area contributed by atoms with Crippen molar-refractivity contribution >= 4 is 33.2 Å². The predicted molar refractivity (Wildman–Crippen MR) is 204 cm³/mol. The molecule has 0 spiro atoms. The first-order valence-electron chi connectivity index (χ1n) is 16.3. The smallest absolute Gasteiger partial charge is 0.0541 e. The summed E-state index contributed by atoms with van der Waals surface area (Å²) in [7, 11) is 0. The minimum atomic E-state index is 1.10. The molecule has 0 saturated heterocycles. The maximum Gasteiger partial charge on any atom is 0.0541 e. The maximum absolute atomic E-state index is 3.88. The van der Waals surface area contributed by atoms with E-state index in [2.05, 4.69) is 180 Å². The molecule has 1 heterocycles. The zero-order valence-corrected chi connectivity index (χ0v) is 26.8. The van der Waals surface area contributed by atoms with Crippen LogP contribution >= 0.6 is 0 Å². The van der Waals surface area contributed by atoms with Gasteiger partial charge in [-0.05, 0) is 101 Å². The van der Waals surface area contributed by atoms with Crippen molar-refractivity contribution in [3.8, 4) is 27.9 Å². The number of allylic oxidation sites excluding steroid dienone is 5. The van der Waals surface area contributed by atoms with Gasteiger partial charge in [-0.1, -0.05) is 116 Å². The second-order valence-corrected chi connectivity index (χ2v) is 12.1. The lowest BCUT2D eigenvalue weighted by atomic mass is 9.99. The van der Waals surface area contributed by atoms with Gasteiger partial charge < -0.3 is 9.47 Å². The molecule has 0 bridgehead atoms. The van der Waals surface area contributed by atoms with E-state index in [9.17, 15) is 0 Å². The van der Waals surface area contributed by atoms with Crippen molar-refractivity contribution in [1.29, 1.82) is 0 Å². The highest BCUT2D eigenvalue weighted by atomic mass is 15.1. The number of fused-ring (bicyclic) bond motifs is 3. The Labute approximate surface area is 281 Å². The van der Waals surface area contributed by atoms with Gasteiger partial charge in [-0.2, -0.15) is 0 Å². The van der Waals surface area contributed by atoms with Crippen LogP contribution in [0.4, 0.5) is 11.4 Å². The van der Waals surface area contributed by atoms with E-state index in [4.69, 9.17) is 0 Å². The molecule has 0 radical (unpaired) electrons. The first-order valence-corrected chi connectivity index (χ1v) is 16.3. The Morgan fingerprint density at radius 3 is 1.94 bits per heavy atom. The van der Waals surface area contributed by atoms with Gasteiger partial charge in [0, 0.05) is 39.6 Å². The highest BCUT2D eigenvalue weighted by Gasteiger charge is 2.15. The molecule has 228 valence electrons. The largest absolute Gasteiger partial charge is 0.316 e. The van der Waals surface area contributed by atoms with Crippen LogP contribution in [0, 0.1) is 6.92 Å². The van der Waals surface area contributed by atoms with E-state index in [1.807, 2.05) is 24.3 Å². The summed E-state index contributed by atoms with van der Waals surface area (Å²) in [5, 5.41) is 2.52. The van der Waals surface area contributed by atoms with Crippen LogP contribution in [-0.4, -0.2) is 4.57 Å². The number of para-hydroxylation sites is 3. The fraction of sp³-hybridized carbons (Fsp3) is 0.0217. The molecule has 8 rings (SSSR count). The van der Waals surface area contributed by atoms with Crippen LogP contribution < -0.4 is 4.90 Å². The molecule has 2 nitrogen and oxygen atoms in total. The van der Waals surface area contributed by atoms with Gasteiger partial charge >= 0.3 is 0 Å². The van der Waals surface area contributed by atoms with Crippen LogP contribution in [0.2, 0.25) is 0 Å². The van der Waals surface area contributed by atoms with Crippen molar-refractivity contribution in [1.82, 2.24) is 4.57 Å². The monoisotopic (exact) mass is 614 g/mol. The second-order valence-electron chi connectivity index (χ2n) is 12.1. The van der Waals surface area contributed by atoms with Crippen LogP contribution in [0.15, 0.2) is 200 Å². The number of aryl methyl sites for hydroxylation is 1. The standard InChI is InChI=1S/C46H34N2/c1-3-12-34-14-11-15-39(34)32-47(44-19-9-7-13-33(44)2)40-28-25-36(26-29-40)35-21-23-37(24-22-35)38-27-30-46-43(31-38)42-18-8-10-20-45(42)48(46)41-16-5-4-6-17-41/h3-10,12-32H,1H2,2H3/b34-12-,39-32-. The summed E-state index contributed by atoms with van der Waals surface area (Å²) >= 11 is 0. The Kier molecular flexibility index (Phi) is 7.55. The third kappa shape index (κ3) is 5.31. The van der Waals surface area contributed by atoms with Gasteiger partial charge in [-0.15, -0.1) is 5.73 Å². The van der Waals surface area contributed by atoms with Crippen LogP contribution in [0.3, 0.4) is 0 Å². The topological polar surface area (TPSA) is 8.17 Å². The molecular weight excluding hydrogens is 581 g/mol. The Hall–Kier alpha value is -6.34. The lowest BCUT2D eigenvalue weighted by Gasteiger charge is -2.24. The molecule has 0 amide bonds. The molecule has 2 heteroatoms. The van der Waals surface area contributed by atoms with Crippen LogP contribution in [0.1, 0.15) is 5.56 Å². The SMILES string of the molecule is C=C/C=C1/C=C=C/C1=C/N(c1ccc(-c2ccc(-c3ccc4c(c3)c3ccccc3n4-c3ccccc3)cc2)cc1)c1ccccc1C. The van der Waals surface area contributed by atoms with E-state index in [1.54, 1.807) is 0 Å². The molecule has 1 aromatic heterocycles. The number of rotatable bonds is 7. The van der Waals surface area contributed by atoms with Gasteiger partial charge in [0.05, 0.1) is 11.0 Å². The van der Waals surface area contributed by atoms with Crippen molar-refractivity contribution in [3.05, 3.63) is 205 Å². The zero-order chi connectivity index (χ0) is 32.5. The number of hydrogen-bond donors (Lipinski definition) is 0. The highest BCUT2D eigenvalue weighted by molar-refractivity contribution is 6.10. The van der Waals surface area contributed by atoms with Crippen molar-refractivity contribution in [2.45, 2.75) is 6.92 Å². The maximum atomic E-state index is 3.88. The van der Waals surface area contributed by atoms with Gasteiger partial charge in [0.25, 0.3) is 0 Å². The van der Waals surface area contributed by atoms with Gasteiger partial charge in [-0.3, -0.25) is 0 Å². The third-order valence-electron chi connectivity index (χ3n) is 9.14. The molecule has 0 unspecified atom stereocenters. The first-order chi connectivity index (χ1) is 23.7. The summed E-state index contributed by atoms with van der Waals surface area (Å²) in [5.74, 6) is 0. The molecule has 0 fully saturated rings. The highest BCUT2D eigenvalue weighted by Crippen LogP contribution is 2.36. The van der Waals surface area contributed by atoms with Gasteiger partial charge in [0.2, 0.25) is 0 Å². The fourth-order valence-electron chi connectivity index (χ4n) is 6.70. The normalized spacial score (nSPS) is 14.0. The Morgan fingerprint density at radius 2 is 1.19 bits per heavy atom. The van der Waals surface area contributed by atoms with Gasteiger partial charge in [-0.25, -0.2) is 0 Å². The molecule has 0 saturated carbocycles. The van der Waals surface area contributed by atoms with Crippen molar-refractivity contribution in [2.24, 2.45) is 0 Å².